The Kier molecular flexibility index (Phi) is 6.91. The van der Waals surface area contributed by atoms with Crippen LogP contribution in [0.3, 0.4) is 0 Å². The standard InChI is InChI=1S/C15H25FN2/c1-12(2)14(10-17-3)11-18-8-7-13-5-4-6-15(16)9-13/h4-6,9,12,14,17-18H,7-8,10-11H2,1-3H3. The number of benzene rings is 1. The summed E-state index contributed by atoms with van der Waals surface area (Å²) in [7, 11) is 1.99. The maximum Gasteiger partial charge on any atom is 0.123 e. The first kappa shape index (κ1) is 15.1. The minimum atomic E-state index is -0.150. The molecule has 0 radical (unpaired) electrons. The van der Waals surface area contributed by atoms with Crippen molar-refractivity contribution in [3.8, 4) is 0 Å². The van der Waals surface area contributed by atoms with Crippen molar-refractivity contribution in [2.45, 2.75) is 20.3 Å². The van der Waals surface area contributed by atoms with Gasteiger partial charge in [0.05, 0.1) is 0 Å². The van der Waals surface area contributed by atoms with E-state index < -0.39 is 0 Å². The van der Waals surface area contributed by atoms with Crippen LogP contribution in [0.25, 0.3) is 0 Å². The molecular formula is C15H25FN2. The third kappa shape index (κ3) is 5.61. The highest BCUT2D eigenvalue weighted by molar-refractivity contribution is 5.16. The lowest BCUT2D eigenvalue weighted by Crippen LogP contribution is -2.34. The molecule has 0 saturated carbocycles. The number of hydrogen-bond donors (Lipinski definition) is 2. The van der Waals surface area contributed by atoms with Crippen LogP contribution < -0.4 is 10.6 Å². The molecular weight excluding hydrogens is 227 g/mol. The van der Waals surface area contributed by atoms with E-state index in [4.69, 9.17) is 0 Å². The maximum atomic E-state index is 13.0. The Morgan fingerprint density at radius 3 is 2.61 bits per heavy atom. The van der Waals surface area contributed by atoms with Crippen LogP contribution in [0.5, 0.6) is 0 Å². The molecule has 1 aromatic rings. The van der Waals surface area contributed by atoms with E-state index in [2.05, 4.69) is 24.5 Å². The van der Waals surface area contributed by atoms with Crippen LogP contribution in [0.1, 0.15) is 19.4 Å². The minimum Gasteiger partial charge on any atom is -0.319 e. The molecule has 0 aliphatic heterocycles. The average molecular weight is 252 g/mol. The molecule has 1 unspecified atom stereocenters. The lowest BCUT2D eigenvalue weighted by molar-refractivity contribution is 0.354. The second-order valence-corrected chi connectivity index (χ2v) is 5.15. The molecule has 0 aromatic heterocycles. The molecule has 0 fully saturated rings. The van der Waals surface area contributed by atoms with Gasteiger partial charge in [0.25, 0.3) is 0 Å². The summed E-state index contributed by atoms with van der Waals surface area (Å²) in [5.41, 5.74) is 1.05. The first-order valence-corrected chi connectivity index (χ1v) is 6.73. The average Bonchev–Trinajstić information content (AvgIpc) is 2.33. The van der Waals surface area contributed by atoms with Crippen molar-refractivity contribution < 1.29 is 4.39 Å². The molecule has 1 aromatic carbocycles. The first-order chi connectivity index (χ1) is 8.63. The highest BCUT2D eigenvalue weighted by atomic mass is 19.1. The van der Waals surface area contributed by atoms with E-state index in [0.29, 0.717) is 11.8 Å². The summed E-state index contributed by atoms with van der Waals surface area (Å²) in [6, 6.07) is 6.83. The van der Waals surface area contributed by atoms with E-state index in [-0.39, 0.29) is 5.82 Å². The molecule has 1 atom stereocenters. The zero-order chi connectivity index (χ0) is 13.4. The van der Waals surface area contributed by atoms with Gasteiger partial charge in [-0.3, -0.25) is 0 Å². The van der Waals surface area contributed by atoms with Gasteiger partial charge in [-0.15, -0.1) is 0 Å². The zero-order valence-electron chi connectivity index (χ0n) is 11.7. The number of rotatable bonds is 8. The summed E-state index contributed by atoms with van der Waals surface area (Å²) in [6.07, 6.45) is 0.877. The van der Waals surface area contributed by atoms with E-state index in [1.165, 1.54) is 6.07 Å². The summed E-state index contributed by atoms with van der Waals surface area (Å²) in [5, 5.41) is 6.68. The Bertz CT molecular complexity index is 339. The molecule has 0 amide bonds. The lowest BCUT2D eigenvalue weighted by Gasteiger charge is -2.21. The van der Waals surface area contributed by atoms with Gasteiger partial charge in [0.15, 0.2) is 0 Å². The molecule has 0 bridgehead atoms. The highest BCUT2D eigenvalue weighted by Crippen LogP contribution is 2.08. The Balaban J connectivity index is 2.25. The Hall–Kier alpha value is -0.930. The number of nitrogens with one attached hydrogen (secondary N) is 2. The quantitative estimate of drug-likeness (QED) is 0.694. The lowest BCUT2D eigenvalue weighted by atomic mass is 9.96. The van der Waals surface area contributed by atoms with E-state index in [1.807, 2.05) is 13.1 Å². The van der Waals surface area contributed by atoms with Gasteiger partial charge in [-0.1, -0.05) is 26.0 Å². The second kappa shape index (κ2) is 8.22. The predicted molar refractivity (Wildman–Crippen MR) is 75.2 cm³/mol. The van der Waals surface area contributed by atoms with Crippen molar-refractivity contribution in [2.24, 2.45) is 11.8 Å². The van der Waals surface area contributed by atoms with Gasteiger partial charge >= 0.3 is 0 Å². The molecule has 0 aliphatic rings. The van der Waals surface area contributed by atoms with Gasteiger partial charge in [0.2, 0.25) is 0 Å². The van der Waals surface area contributed by atoms with Gasteiger partial charge < -0.3 is 10.6 Å². The van der Waals surface area contributed by atoms with Crippen molar-refractivity contribution >= 4 is 0 Å². The highest BCUT2D eigenvalue weighted by Gasteiger charge is 2.11. The van der Waals surface area contributed by atoms with Crippen LogP contribution >= 0.6 is 0 Å². The normalized spacial score (nSPS) is 12.9. The Morgan fingerprint density at radius 2 is 2.00 bits per heavy atom. The van der Waals surface area contributed by atoms with Gasteiger partial charge in [-0.2, -0.15) is 0 Å². The van der Waals surface area contributed by atoms with Crippen molar-refractivity contribution in [3.63, 3.8) is 0 Å². The molecule has 2 nitrogen and oxygen atoms in total. The molecule has 1 rings (SSSR count). The monoisotopic (exact) mass is 252 g/mol. The van der Waals surface area contributed by atoms with Crippen LogP contribution in [-0.4, -0.2) is 26.7 Å². The van der Waals surface area contributed by atoms with E-state index in [9.17, 15) is 4.39 Å². The SMILES string of the molecule is CNCC(CNCCc1cccc(F)c1)C(C)C. The van der Waals surface area contributed by atoms with Crippen molar-refractivity contribution in [1.29, 1.82) is 0 Å². The van der Waals surface area contributed by atoms with Crippen LogP contribution in [0, 0.1) is 17.7 Å². The predicted octanol–water partition coefficient (Wildman–Crippen LogP) is 2.45. The zero-order valence-corrected chi connectivity index (χ0v) is 11.7. The summed E-state index contributed by atoms with van der Waals surface area (Å²) >= 11 is 0. The molecule has 3 heteroatoms. The topological polar surface area (TPSA) is 24.1 Å². The fraction of sp³-hybridized carbons (Fsp3) is 0.600. The summed E-state index contributed by atoms with van der Waals surface area (Å²) < 4.78 is 13.0. The molecule has 102 valence electrons. The van der Waals surface area contributed by atoms with Gasteiger partial charge in [0, 0.05) is 0 Å². The second-order valence-electron chi connectivity index (χ2n) is 5.15. The molecule has 0 saturated heterocycles. The summed E-state index contributed by atoms with van der Waals surface area (Å²) in [4.78, 5) is 0. The van der Waals surface area contributed by atoms with Gasteiger partial charge in [-0.25, -0.2) is 4.39 Å². The van der Waals surface area contributed by atoms with Crippen LogP contribution in [-0.2, 0) is 6.42 Å². The molecule has 0 spiro atoms. The van der Waals surface area contributed by atoms with Crippen LogP contribution in [0.2, 0.25) is 0 Å². The minimum absolute atomic E-state index is 0.150. The molecule has 2 N–H and O–H groups in total. The van der Waals surface area contributed by atoms with Crippen molar-refractivity contribution in [2.75, 3.05) is 26.7 Å². The third-order valence-electron chi connectivity index (χ3n) is 3.30. The summed E-state index contributed by atoms with van der Waals surface area (Å²) in [5.74, 6) is 1.16. The molecule has 0 heterocycles. The molecule has 18 heavy (non-hydrogen) atoms. The van der Waals surface area contributed by atoms with Crippen LogP contribution in [0.4, 0.5) is 4.39 Å². The number of halogens is 1. The first-order valence-electron chi connectivity index (χ1n) is 6.73. The van der Waals surface area contributed by atoms with Crippen molar-refractivity contribution in [3.05, 3.63) is 35.6 Å². The van der Waals surface area contributed by atoms with Crippen molar-refractivity contribution in [1.82, 2.24) is 10.6 Å². The largest absolute Gasteiger partial charge is 0.319 e. The van der Waals surface area contributed by atoms with E-state index in [1.54, 1.807) is 12.1 Å². The fourth-order valence-corrected chi connectivity index (χ4v) is 2.02. The Morgan fingerprint density at radius 1 is 1.22 bits per heavy atom. The van der Waals surface area contributed by atoms with E-state index in [0.717, 1.165) is 31.6 Å². The van der Waals surface area contributed by atoms with Gasteiger partial charge in [-0.05, 0) is 62.6 Å². The Labute approximate surface area is 110 Å². The van der Waals surface area contributed by atoms with Crippen LogP contribution in [0.15, 0.2) is 24.3 Å². The summed E-state index contributed by atoms with van der Waals surface area (Å²) in [6.45, 7) is 7.43. The van der Waals surface area contributed by atoms with Gasteiger partial charge in [0.1, 0.15) is 5.82 Å². The number of hydrogen-bond acceptors (Lipinski definition) is 2. The fourth-order valence-electron chi connectivity index (χ4n) is 2.02. The smallest absolute Gasteiger partial charge is 0.123 e. The molecule has 0 aliphatic carbocycles. The maximum absolute atomic E-state index is 13.0. The third-order valence-corrected chi connectivity index (χ3v) is 3.30. The van der Waals surface area contributed by atoms with E-state index >= 15 is 0 Å².